The average molecular weight is 556 g/mol. The monoisotopic (exact) mass is 555 g/mol. The normalized spacial score (nSPS) is 20.1. The largest absolute Gasteiger partial charge is 0.490 e. The van der Waals surface area contributed by atoms with Gasteiger partial charge in [0, 0.05) is 48.4 Å². The molecule has 0 bridgehead atoms. The standard InChI is InChI=1S/C24H31N3O3S.C2HF3O2/c1-17-15-20(25-24(28)19-6-9-22(10-7-19)31(3,29)30)8-11-23(17)26-14-12-21(16-26)27-13-4-5-18(27)2;3-2(4,5)1(6)7/h6-11,15,18,21H,4-5,12-14,16H2,1-3H3,(H,25,28);(H,6,7). The molecule has 2 fully saturated rings. The predicted molar refractivity (Wildman–Crippen MR) is 138 cm³/mol. The molecular weight excluding hydrogens is 523 g/mol. The Hall–Kier alpha value is -3.12. The Labute approximate surface area is 220 Å². The number of alkyl halides is 3. The third-order valence-electron chi connectivity index (χ3n) is 6.82. The molecule has 2 aliphatic heterocycles. The van der Waals surface area contributed by atoms with E-state index in [1.54, 1.807) is 0 Å². The van der Waals surface area contributed by atoms with Gasteiger partial charge in [-0.25, -0.2) is 13.2 Å². The van der Waals surface area contributed by atoms with E-state index in [0.29, 0.717) is 17.6 Å². The summed E-state index contributed by atoms with van der Waals surface area (Å²) in [6.07, 6.45) is -0.116. The molecule has 2 atom stereocenters. The number of hydrogen-bond donors (Lipinski definition) is 2. The van der Waals surface area contributed by atoms with E-state index in [2.05, 4.69) is 35.0 Å². The zero-order chi connectivity index (χ0) is 28.3. The number of amides is 1. The van der Waals surface area contributed by atoms with Crippen LogP contribution < -0.4 is 10.2 Å². The number of benzene rings is 2. The van der Waals surface area contributed by atoms with Crippen molar-refractivity contribution >= 4 is 33.1 Å². The first-order valence-electron chi connectivity index (χ1n) is 12.2. The molecule has 208 valence electrons. The fraction of sp³-hybridized carbons (Fsp3) is 0.462. The van der Waals surface area contributed by atoms with Gasteiger partial charge in [0.2, 0.25) is 0 Å². The second kappa shape index (κ2) is 11.7. The first-order valence-corrected chi connectivity index (χ1v) is 14.1. The molecule has 1 amide bonds. The van der Waals surface area contributed by atoms with E-state index in [9.17, 15) is 26.4 Å². The van der Waals surface area contributed by atoms with Crippen LogP contribution in [0.2, 0.25) is 0 Å². The number of aliphatic carboxylic acids is 1. The number of rotatable bonds is 5. The molecule has 4 rings (SSSR count). The molecule has 2 heterocycles. The van der Waals surface area contributed by atoms with E-state index < -0.39 is 22.0 Å². The number of hydrogen-bond acceptors (Lipinski definition) is 6. The number of carboxylic acids is 1. The van der Waals surface area contributed by atoms with Crippen LogP contribution in [-0.4, -0.2) is 74.5 Å². The van der Waals surface area contributed by atoms with Gasteiger partial charge in [0.15, 0.2) is 9.84 Å². The minimum Gasteiger partial charge on any atom is -0.475 e. The predicted octanol–water partition coefficient (Wildman–Crippen LogP) is 4.35. The highest BCUT2D eigenvalue weighted by Gasteiger charge is 2.38. The first kappa shape index (κ1) is 29.4. The molecule has 0 aliphatic carbocycles. The number of nitrogens with one attached hydrogen (secondary N) is 1. The zero-order valence-corrected chi connectivity index (χ0v) is 22.3. The van der Waals surface area contributed by atoms with Crippen molar-refractivity contribution in [3.05, 3.63) is 53.6 Å². The lowest BCUT2D eigenvalue weighted by molar-refractivity contribution is -0.192. The summed E-state index contributed by atoms with van der Waals surface area (Å²) in [6.45, 7) is 7.76. The molecular formula is C26H32F3N3O5S. The molecule has 38 heavy (non-hydrogen) atoms. The smallest absolute Gasteiger partial charge is 0.475 e. The topological polar surface area (TPSA) is 107 Å². The Morgan fingerprint density at radius 2 is 1.68 bits per heavy atom. The van der Waals surface area contributed by atoms with Gasteiger partial charge in [0.25, 0.3) is 5.91 Å². The van der Waals surface area contributed by atoms with Crippen molar-refractivity contribution < 1.29 is 36.3 Å². The summed E-state index contributed by atoms with van der Waals surface area (Å²) in [5.41, 5.74) is 3.53. The van der Waals surface area contributed by atoms with Crippen LogP contribution in [0.3, 0.4) is 0 Å². The highest BCUT2D eigenvalue weighted by molar-refractivity contribution is 7.90. The van der Waals surface area contributed by atoms with Gasteiger partial charge in [-0.2, -0.15) is 13.2 Å². The van der Waals surface area contributed by atoms with E-state index in [4.69, 9.17) is 9.90 Å². The van der Waals surface area contributed by atoms with E-state index in [-0.39, 0.29) is 10.8 Å². The van der Waals surface area contributed by atoms with Crippen molar-refractivity contribution in [2.75, 3.05) is 36.1 Å². The lowest BCUT2D eigenvalue weighted by atomic mass is 10.1. The number of aryl methyl sites for hydroxylation is 1. The number of carbonyl (C=O) groups excluding carboxylic acids is 1. The maximum atomic E-state index is 12.6. The molecule has 2 N–H and O–H groups in total. The van der Waals surface area contributed by atoms with Crippen molar-refractivity contribution in [1.82, 2.24) is 4.90 Å². The maximum Gasteiger partial charge on any atom is 0.490 e. The SMILES string of the molecule is Cc1cc(NC(=O)c2ccc(S(C)(=O)=O)cc2)ccc1N1CCC(N2CCCC2C)C1.O=C(O)C(F)(F)F. The van der Waals surface area contributed by atoms with Gasteiger partial charge in [0.05, 0.1) is 4.90 Å². The summed E-state index contributed by atoms with van der Waals surface area (Å²) in [4.78, 5) is 26.8. The molecule has 2 unspecified atom stereocenters. The number of sulfone groups is 1. The number of carboxylic acid groups (broad SMARTS) is 1. The number of likely N-dealkylation sites (tertiary alicyclic amines) is 1. The van der Waals surface area contributed by atoms with Crippen molar-refractivity contribution in [3.8, 4) is 0 Å². The second-order valence-electron chi connectivity index (χ2n) is 9.67. The molecule has 2 aromatic rings. The van der Waals surface area contributed by atoms with Crippen molar-refractivity contribution in [2.24, 2.45) is 0 Å². The highest BCUT2D eigenvalue weighted by atomic mass is 32.2. The van der Waals surface area contributed by atoms with E-state index in [1.807, 2.05) is 12.1 Å². The Kier molecular flexibility index (Phi) is 9.09. The number of halogens is 3. The van der Waals surface area contributed by atoms with Crippen LogP contribution in [0.4, 0.5) is 24.5 Å². The van der Waals surface area contributed by atoms with Crippen LogP contribution in [0.5, 0.6) is 0 Å². The fourth-order valence-electron chi connectivity index (χ4n) is 4.87. The van der Waals surface area contributed by atoms with Crippen LogP contribution in [-0.2, 0) is 14.6 Å². The molecule has 0 aromatic heterocycles. The average Bonchev–Trinajstić information content (AvgIpc) is 3.47. The van der Waals surface area contributed by atoms with Gasteiger partial charge < -0.3 is 15.3 Å². The van der Waals surface area contributed by atoms with Crippen LogP contribution in [0.15, 0.2) is 47.4 Å². The van der Waals surface area contributed by atoms with Gasteiger partial charge in [-0.3, -0.25) is 9.69 Å². The van der Waals surface area contributed by atoms with Gasteiger partial charge in [-0.15, -0.1) is 0 Å². The van der Waals surface area contributed by atoms with Crippen LogP contribution in [0, 0.1) is 6.92 Å². The van der Waals surface area contributed by atoms with Crippen molar-refractivity contribution in [2.45, 2.75) is 56.3 Å². The van der Waals surface area contributed by atoms with Gasteiger partial charge in [-0.1, -0.05) is 0 Å². The Morgan fingerprint density at radius 1 is 1.05 bits per heavy atom. The van der Waals surface area contributed by atoms with E-state index in [0.717, 1.165) is 30.6 Å². The zero-order valence-electron chi connectivity index (χ0n) is 21.5. The third-order valence-corrected chi connectivity index (χ3v) is 7.95. The summed E-state index contributed by atoms with van der Waals surface area (Å²) in [6, 6.07) is 13.4. The summed E-state index contributed by atoms with van der Waals surface area (Å²) < 4.78 is 54.9. The van der Waals surface area contributed by atoms with Gasteiger partial charge >= 0.3 is 12.1 Å². The first-order chi connectivity index (χ1) is 17.7. The number of carbonyl (C=O) groups is 2. The summed E-state index contributed by atoms with van der Waals surface area (Å²) in [5.74, 6) is -3.01. The molecule has 8 nitrogen and oxygen atoms in total. The minimum absolute atomic E-state index is 0.205. The van der Waals surface area contributed by atoms with Crippen LogP contribution >= 0.6 is 0 Å². The van der Waals surface area contributed by atoms with E-state index >= 15 is 0 Å². The molecule has 2 saturated heterocycles. The van der Waals surface area contributed by atoms with Crippen molar-refractivity contribution in [3.63, 3.8) is 0 Å². The van der Waals surface area contributed by atoms with Crippen molar-refractivity contribution in [1.29, 1.82) is 0 Å². The quantitative estimate of drug-likeness (QED) is 0.565. The number of anilines is 2. The third kappa shape index (κ3) is 7.47. The lowest BCUT2D eigenvalue weighted by Gasteiger charge is -2.29. The molecule has 0 saturated carbocycles. The summed E-state index contributed by atoms with van der Waals surface area (Å²) in [7, 11) is -3.27. The highest BCUT2D eigenvalue weighted by Crippen LogP contribution is 2.31. The molecule has 2 aliphatic rings. The Morgan fingerprint density at radius 3 is 2.18 bits per heavy atom. The van der Waals surface area contributed by atoms with Crippen LogP contribution in [0.25, 0.3) is 0 Å². The number of nitrogens with zero attached hydrogens (tertiary/aromatic N) is 2. The second-order valence-corrected chi connectivity index (χ2v) is 11.7. The molecule has 12 heteroatoms. The Balaban J connectivity index is 0.000000505. The molecule has 0 spiro atoms. The lowest BCUT2D eigenvalue weighted by Crippen LogP contribution is -2.39. The van der Waals surface area contributed by atoms with Gasteiger partial charge in [-0.05, 0) is 87.7 Å². The fourth-order valence-corrected chi connectivity index (χ4v) is 5.50. The minimum atomic E-state index is -5.08. The molecule has 2 aromatic carbocycles. The van der Waals surface area contributed by atoms with Gasteiger partial charge in [0.1, 0.15) is 0 Å². The molecule has 0 radical (unpaired) electrons. The van der Waals surface area contributed by atoms with Crippen LogP contribution in [0.1, 0.15) is 42.1 Å². The summed E-state index contributed by atoms with van der Waals surface area (Å²) in [5, 5.41) is 10.0. The van der Waals surface area contributed by atoms with E-state index in [1.165, 1.54) is 55.8 Å². The Bertz CT molecular complexity index is 1270. The maximum absolute atomic E-state index is 12.6. The summed E-state index contributed by atoms with van der Waals surface area (Å²) >= 11 is 0.